The van der Waals surface area contributed by atoms with Crippen LogP contribution < -0.4 is 9.64 Å². The molecular formula is C15H21N3O2. The molecular weight excluding hydrogens is 254 g/mol. The number of rotatable bonds is 5. The van der Waals surface area contributed by atoms with Crippen molar-refractivity contribution < 1.29 is 9.53 Å². The summed E-state index contributed by atoms with van der Waals surface area (Å²) in [7, 11) is 1.77. The Labute approximate surface area is 119 Å². The highest BCUT2D eigenvalue weighted by Gasteiger charge is 2.19. The largest absolute Gasteiger partial charge is 0.490 e. The van der Waals surface area contributed by atoms with E-state index in [0.717, 1.165) is 35.8 Å². The number of carbonyl (C=O) groups is 1. The Morgan fingerprint density at radius 3 is 2.80 bits per heavy atom. The molecule has 2 aromatic rings. The molecule has 1 amide bonds. The van der Waals surface area contributed by atoms with Crippen molar-refractivity contribution in [1.29, 1.82) is 0 Å². The van der Waals surface area contributed by atoms with Gasteiger partial charge in [-0.3, -0.25) is 14.1 Å². The third kappa shape index (κ3) is 2.48. The third-order valence-corrected chi connectivity index (χ3v) is 3.25. The maximum absolute atomic E-state index is 11.7. The first kappa shape index (κ1) is 14.4. The van der Waals surface area contributed by atoms with Gasteiger partial charge in [-0.15, -0.1) is 0 Å². The van der Waals surface area contributed by atoms with Crippen LogP contribution in [0.4, 0.5) is 5.82 Å². The number of pyridine rings is 1. The van der Waals surface area contributed by atoms with Crippen molar-refractivity contribution in [2.75, 3.05) is 18.6 Å². The number of hydrogen-bond acceptors (Lipinski definition) is 3. The minimum absolute atomic E-state index is 0.0126. The lowest BCUT2D eigenvalue weighted by Crippen LogP contribution is -2.25. The monoisotopic (exact) mass is 275 g/mol. The van der Waals surface area contributed by atoms with Crippen molar-refractivity contribution in [3.05, 3.63) is 24.0 Å². The maximum Gasteiger partial charge on any atom is 0.224 e. The Kier molecular flexibility index (Phi) is 4.27. The SMILES string of the molecule is CCCOc1cccn2c(N(C)C(C)=O)c(CC)nc12. The van der Waals surface area contributed by atoms with E-state index in [9.17, 15) is 4.79 Å². The molecule has 0 unspecified atom stereocenters. The number of anilines is 1. The Bertz CT molecular complexity index is 619. The number of aryl methyl sites for hydroxylation is 1. The zero-order chi connectivity index (χ0) is 14.7. The first-order chi connectivity index (χ1) is 9.60. The normalized spacial score (nSPS) is 10.8. The second kappa shape index (κ2) is 5.94. The van der Waals surface area contributed by atoms with Crippen molar-refractivity contribution in [3.8, 4) is 5.75 Å². The second-order valence-electron chi connectivity index (χ2n) is 4.73. The minimum atomic E-state index is -0.0126. The Morgan fingerprint density at radius 2 is 2.20 bits per heavy atom. The summed E-state index contributed by atoms with van der Waals surface area (Å²) in [6, 6.07) is 3.82. The summed E-state index contributed by atoms with van der Waals surface area (Å²) in [5.74, 6) is 1.56. The van der Waals surface area contributed by atoms with Crippen LogP contribution in [0.3, 0.4) is 0 Å². The molecule has 0 spiro atoms. The van der Waals surface area contributed by atoms with Gasteiger partial charge in [-0.2, -0.15) is 0 Å². The zero-order valence-corrected chi connectivity index (χ0v) is 12.5. The summed E-state index contributed by atoms with van der Waals surface area (Å²) in [5, 5.41) is 0. The number of carbonyl (C=O) groups excluding carboxylic acids is 1. The first-order valence-corrected chi connectivity index (χ1v) is 6.97. The molecule has 0 aliphatic carbocycles. The standard InChI is InChI=1S/C15H21N3O2/c1-5-10-20-13-8-7-9-18-14(13)16-12(6-2)15(18)17(4)11(3)19/h7-9H,5-6,10H2,1-4H3. The molecule has 20 heavy (non-hydrogen) atoms. The smallest absolute Gasteiger partial charge is 0.224 e. The zero-order valence-electron chi connectivity index (χ0n) is 12.5. The van der Waals surface area contributed by atoms with Crippen LogP contribution in [0, 0.1) is 0 Å². The summed E-state index contributed by atoms with van der Waals surface area (Å²) >= 11 is 0. The number of ether oxygens (including phenoxy) is 1. The molecule has 2 rings (SSSR count). The molecule has 0 saturated carbocycles. The van der Waals surface area contributed by atoms with Gasteiger partial charge in [0, 0.05) is 20.2 Å². The number of hydrogen-bond donors (Lipinski definition) is 0. The van der Waals surface area contributed by atoms with Gasteiger partial charge in [0.05, 0.1) is 12.3 Å². The average Bonchev–Trinajstić information content (AvgIpc) is 2.82. The quantitative estimate of drug-likeness (QED) is 0.843. The van der Waals surface area contributed by atoms with Gasteiger partial charge in [-0.1, -0.05) is 13.8 Å². The summed E-state index contributed by atoms with van der Waals surface area (Å²) < 4.78 is 7.66. The molecule has 0 N–H and O–H groups in total. The van der Waals surface area contributed by atoms with Gasteiger partial charge in [0.1, 0.15) is 5.82 Å². The highest BCUT2D eigenvalue weighted by molar-refractivity contribution is 5.91. The molecule has 0 radical (unpaired) electrons. The minimum Gasteiger partial charge on any atom is -0.490 e. The highest BCUT2D eigenvalue weighted by Crippen LogP contribution is 2.28. The molecule has 108 valence electrons. The average molecular weight is 275 g/mol. The van der Waals surface area contributed by atoms with Gasteiger partial charge in [0.15, 0.2) is 11.4 Å². The van der Waals surface area contributed by atoms with Crippen LogP contribution in [0.5, 0.6) is 5.75 Å². The van der Waals surface area contributed by atoms with E-state index < -0.39 is 0 Å². The van der Waals surface area contributed by atoms with E-state index in [2.05, 4.69) is 11.9 Å². The van der Waals surface area contributed by atoms with E-state index in [0.29, 0.717) is 6.61 Å². The van der Waals surface area contributed by atoms with Gasteiger partial charge in [-0.05, 0) is 25.0 Å². The lowest BCUT2D eigenvalue weighted by Gasteiger charge is -2.16. The molecule has 0 aliphatic rings. The molecule has 5 heteroatoms. The van der Waals surface area contributed by atoms with Gasteiger partial charge in [-0.25, -0.2) is 4.98 Å². The van der Waals surface area contributed by atoms with Crippen molar-refractivity contribution >= 4 is 17.4 Å². The molecule has 0 aromatic carbocycles. The number of fused-ring (bicyclic) bond motifs is 1. The Balaban J connectivity index is 2.59. The summed E-state index contributed by atoms with van der Waals surface area (Å²) in [6.07, 6.45) is 3.62. The van der Waals surface area contributed by atoms with Crippen LogP contribution >= 0.6 is 0 Å². The van der Waals surface area contributed by atoms with E-state index in [-0.39, 0.29) is 5.91 Å². The third-order valence-electron chi connectivity index (χ3n) is 3.25. The van der Waals surface area contributed by atoms with Gasteiger partial charge < -0.3 is 4.74 Å². The van der Waals surface area contributed by atoms with Crippen molar-refractivity contribution in [1.82, 2.24) is 9.38 Å². The van der Waals surface area contributed by atoms with Crippen LogP contribution in [0.25, 0.3) is 5.65 Å². The van der Waals surface area contributed by atoms with E-state index in [4.69, 9.17) is 4.74 Å². The maximum atomic E-state index is 11.7. The topological polar surface area (TPSA) is 46.8 Å². The lowest BCUT2D eigenvalue weighted by molar-refractivity contribution is -0.116. The summed E-state index contributed by atoms with van der Waals surface area (Å²) in [4.78, 5) is 17.9. The van der Waals surface area contributed by atoms with Crippen LogP contribution in [0.1, 0.15) is 32.9 Å². The molecule has 2 heterocycles. The lowest BCUT2D eigenvalue weighted by atomic mass is 10.3. The van der Waals surface area contributed by atoms with Crippen molar-refractivity contribution in [2.24, 2.45) is 0 Å². The van der Waals surface area contributed by atoms with Crippen LogP contribution in [0.2, 0.25) is 0 Å². The molecule has 0 fully saturated rings. The molecule has 5 nitrogen and oxygen atoms in total. The highest BCUT2D eigenvalue weighted by atomic mass is 16.5. The number of amides is 1. The van der Waals surface area contributed by atoms with E-state index in [1.165, 1.54) is 0 Å². The van der Waals surface area contributed by atoms with Crippen molar-refractivity contribution in [2.45, 2.75) is 33.6 Å². The fourth-order valence-corrected chi connectivity index (χ4v) is 2.14. The van der Waals surface area contributed by atoms with Crippen LogP contribution in [-0.2, 0) is 11.2 Å². The predicted molar refractivity (Wildman–Crippen MR) is 79.4 cm³/mol. The summed E-state index contributed by atoms with van der Waals surface area (Å²) in [6.45, 7) is 6.31. The molecule has 0 bridgehead atoms. The Morgan fingerprint density at radius 1 is 1.45 bits per heavy atom. The molecule has 0 saturated heterocycles. The van der Waals surface area contributed by atoms with Gasteiger partial charge in [0.25, 0.3) is 0 Å². The fraction of sp³-hybridized carbons (Fsp3) is 0.467. The van der Waals surface area contributed by atoms with E-state index in [1.54, 1.807) is 18.9 Å². The predicted octanol–water partition coefficient (Wildman–Crippen LogP) is 2.67. The number of aromatic nitrogens is 2. The van der Waals surface area contributed by atoms with Gasteiger partial charge in [0.2, 0.25) is 5.91 Å². The van der Waals surface area contributed by atoms with Gasteiger partial charge >= 0.3 is 0 Å². The van der Waals surface area contributed by atoms with Crippen LogP contribution in [0.15, 0.2) is 18.3 Å². The molecule has 0 aliphatic heterocycles. The second-order valence-corrected chi connectivity index (χ2v) is 4.73. The van der Waals surface area contributed by atoms with E-state index in [1.807, 2.05) is 29.7 Å². The molecule has 0 atom stereocenters. The van der Waals surface area contributed by atoms with E-state index >= 15 is 0 Å². The van der Waals surface area contributed by atoms with Crippen LogP contribution in [-0.4, -0.2) is 28.9 Å². The number of nitrogens with zero attached hydrogens (tertiary/aromatic N) is 3. The summed E-state index contributed by atoms with van der Waals surface area (Å²) in [5.41, 5.74) is 1.66. The first-order valence-electron chi connectivity index (χ1n) is 6.97. The van der Waals surface area contributed by atoms with Crippen molar-refractivity contribution in [3.63, 3.8) is 0 Å². The Hall–Kier alpha value is -2.04. The molecule has 2 aromatic heterocycles. The number of imidazole rings is 1. The fourth-order valence-electron chi connectivity index (χ4n) is 2.14.